The number of nitrogens with one attached hydrogen (secondary N) is 2. The Bertz CT molecular complexity index is 1780. The number of rotatable bonds is 9. The van der Waals surface area contributed by atoms with Gasteiger partial charge >= 0.3 is 0 Å². The number of methoxy groups -OCH3 is 1. The summed E-state index contributed by atoms with van der Waals surface area (Å²) >= 11 is 0. The van der Waals surface area contributed by atoms with E-state index in [0.717, 1.165) is 22.6 Å². The molecule has 0 aliphatic rings. The quantitative estimate of drug-likeness (QED) is 0.183. The third-order valence-electron chi connectivity index (χ3n) is 6.23. The minimum absolute atomic E-state index is 0.156. The van der Waals surface area contributed by atoms with Crippen molar-refractivity contribution in [3.05, 3.63) is 126 Å². The smallest absolute Gasteiger partial charge is 0.271 e. The lowest BCUT2D eigenvalue weighted by Gasteiger charge is -2.09. The maximum atomic E-state index is 12.7. The van der Waals surface area contributed by atoms with Gasteiger partial charge in [0.1, 0.15) is 11.4 Å². The van der Waals surface area contributed by atoms with E-state index < -0.39 is 15.9 Å². The van der Waals surface area contributed by atoms with Crippen molar-refractivity contribution < 1.29 is 17.9 Å². The molecule has 0 spiro atoms. The van der Waals surface area contributed by atoms with Gasteiger partial charge in [0.05, 0.1) is 23.9 Å². The van der Waals surface area contributed by atoms with Crippen LogP contribution >= 0.6 is 0 Å². The summed E-state index contributed by atoms with van der Waals surface area (Å²) < 4.78 is 34.8. The fraction of sp³-hybridized carbons (Fsp3) is 0.0645. The highest BCUT2D eigenvalue weighted by Gasteiger charge is 2.15. The van der Waals surface area contributed by atoms with Crippen molar-refractivity contribution in [1.29, 1.82) is 0 Å². The first-order valence-corrected chi connectivity index (χ1v) is 14.1. The molecule has 0 bridgehead atoms. The Morgan fingerprint density at radius 3 is 2.24 bits per heavy atom. The van der Waals surface area contributed by atoms with Crippen LogP contribution in [0.1, 0.15) is 21.5 Å². The Kier molecular flexibility index (Phi) is 7.93. The van der Waals surface area contributed by atoms with Crippen molar-refractivity contribution in [2.45, 2.75) is 11.8 Å². The number of hydrogen-bond acceptors (Lipinski definition) is 6. The zero-order valence-electron chi connectivity index (χ0n) is 22.4. The molecule has 4 aromatic carbocycles. The van der Waals surface area contributed by atoms with Crippen LogP contribution < -0.4 is 14.9 Å². The van der Waals surface area contributed by atoms with Crippen LogP contribution in [0.15, 0.2) is 119 Å². The van der Waals surface area contributed by atoms with Crippen LogP contribution in [0.4, 0.5) is 5.69 Å². The molecule has 5 rings (SSSR count). The predicted octanol–water partition coefficient (Wildman–Crippen LogP) is 5.42. The maximum Gasteiger partial charge on any atom is 0.271 e. The van der Waals surface area contributed by atoms with Crippen molar-refractivity contribution in [1.82, 2.24) is 15.2 Å². The molecular weight excluding hydrogens is 538 g/mol. The van der Waals surface area contributed by atoms with Gasteiger partial charge in [-0.3, -0.25) is 9.52 Å². The second kappa shape index (κ2) is 11.9. The van der Waals surface area contributed by atoms with Crippen molar-refractivity contribution >= 4 is 27.8 Å². The summed E-state index contributed by atoms with van der Waals surface area (Å²) in [5.74, 6) is 0.281. The molecule has 0 aliphatic heterocycles. The molecule has 0 radical (unpaired) electrons. The number of ether oxygens (including phenoxy) is 1. The number of carbonyl (C=O) groups excluding carboxylic acids is 1. The molecule has 0 saturated carbocycles. The van der Waals surface area contributed by atoms with Crippen LogP contribution in [0.3, 0.4) is 0 Å². The first kappa shape index (κ1) is 27.4. The van der Waals surface area contributed by atoms with Crippen LogP contribution in [-0.4, -0.2) is 37.4 Å². The SMILES string of the molecule is COc1ccc(-c2nn(-c3ccccc3)cc2C=NNC(=O)c2ccc(NS(=O)(=O)c3ccc(C)cc3)cc2)cc1. The number of amides is 1. The molecule has 10 heteroatoms. The Morgan fingerprint density at radius 1 is 0.902 bits per heavy atom. The van der Waals surface area contributed by atoms with Crippen LogP contribution in [0.25, 0.3) is 16.9 Å². The lowest BCUT2D eigenvalue weighted by molar-refractivity contribution is 0.0955. The molecule has 1 aromatic heterocycles. The Hall–Kier alpha value is -5.22. The minimum atomic E-state index is -3.75. The number of hydrazone groups is 1. The first-order valence-electron chi connectivity index (χ1n) is 12.6. The number of nitrogens with zero attached hydrogens (tertiary/aromatic N) is 3. The summed E-state index contributed by atoms with van der Waals surface area (Å²) in [6, 6.07) is 29.8. The Morgan fingerprint density at radius 2 is 1.59 bits per heavy atom. The molecule has 41 heavy (non-hydrogen) atoms. The average molecular weight is 566 g/mol. The second-order valence-electron chi connectivity index (χ2n) is 9.14. The number of aryl methyl sites for hydroxylation is 1. The van der Waals surface area contributed by atoms with Crippen LogP contribution in [0, 0.1) is 6.92 Å². The average Bonchev–Trinajstić information content (AvgIpc) is 3.42. The zero-order valence-corrected chi connectivity index (χ0v) is 23.2. The molecule has 206 valence electrons. The maximum absolute atomic E-state index is 12.7. The summed E-state index contributed by atoms with van der Waals surface area (Å²) in [6.45, 7) is 1.88. The molecule has 0 atom stereocenters. The summed E-state index contributed by atoms with van der Waals surface area (Å²) in [7, 11) is -2.14. The van der Waals surface area contributed by atoms with Gasteiger partial charge in [0.25, 0.3) is 15.9 Å². The molecule has 0 aliphatic carbocycles. The Balaban J connectivity index is 1.30. The number of sulfonamides is 1. The van der Waals surface area contributed by atoms with Crippen LogP contribution in [0.5, 0.6) is 5.75 Å². The lowest BCUT2D eigenvalue weighted by atomic mass is 10.1. The van der Waals surface area contributed by atoms with E-state index in [1.165, 1.54) is 30.5 Å². The molecule has 0 unspecified atom stereocenters. The van der Waals surface area contributed by atoms with Crippen molar-refractivity contribution in [2.75, 3.05) is 11.8 Å². The standard InChI is InChI=1S/C31H27N5O4S/c1-22-8-18-29(19-9-22)41(38,39)35-26-14-10-24(11-15-26)31(37)33-32-20-25-21-36(27-6-4-3-5-7-27)34-30(25)23-12-16-28(40-2)17-13-23/h3-21,35H,1-2H3,(H,33,37). The predicted molar refractivity (Wildman–Crippen MR) is 159 cm³/mol. The van der Waals surface area contributed by atoms with E-state index in [4.69, 9.17) is 9.84 Å². The van der Waals surface area contributed by atoms with E-state index >= 15 is 0 Å². The van der Waals surface area contributed by atoms with Gasteiger partial charge in [0.2, 0.25) is 0 Å². The van der Waals surface area contributed by atoms with Crippen LogP contribution in [0.2, 0.25) is 0 Å². The molecular formula is C31H27N5O4S. The molecule has 9 nitrogen and oxygen atoms in total. The van der Waals surface area contributed by atoms with Crippen LogP contribution in [-0.2, 0) is 10.0 Å². The van der Waals surface area contributed by atoms with Crippen molar-refractivity contribution in [3.63, 3.8) is 0 Å². The van der Waals surface area contributed by atoms with Gasteiger partial charge in [-0.05, 0) is 79.7 Å². The zero-order chi connectivity index (χ0) is 28.8. The third-order valence-corrected chi connectivity index (χ3v) is 7.62. The van der Waals surface area contributed by atoms with E-state index in [1.54, 1.807) is 36.1 Å². The molecule has 0 fully saturated rings. The van der Waals surface area contributed by atoms with E-state index in [1.807, 2.05) is 67.7 Å². The highest BCUT2D eigenvalue weighted by molar-refractivity contribution is 7.92. The first-order chi connectivity index (χ1) is 19.8. The summed E-state index contributed by atoms with van der Waals surface area (Å²) in [6.07, 6.45) is 3.37. The highest BCUT2D eigenvalue weighted by atomic mass is 32.2. The number of carbonyl (C=O) groups is 1. The fourth-order valence-electron chi connectivity index (χ4n) is 4.01. The van der Waals surface area contributed by atoms with Crippen molar-refractivity contribution in [3.8, 4) is 22.7 Å². The second-order valence-corrected chi connectivity index (χ2v) is 10.8. The number of anilines is 1. The lowest BCUT2D eigenvalue weighted by Crippen LogP contribution is -2.18. The fourth-order valence-corrected chi connectivity index (χ4v) is 5.07. The molecule has 5 aromatic rings. The topological polar surface area (TPSA) is 115 Å². The number of aromatic nitrogens is 2. The van der Waals surface area contributed by atoms with Gasteiger partial charge in [0.15, 0.2) is 0 Å². The molecule has 1 amide bonds. The number of para-hydroxylation sites is 1. The summed E-state index contributed by atoms with van der Waals surface area (Å²) in [5, 5.41) is 8.90. The highest BCUT2D eigenvalue weighted by Crippen LogP contribution is 2.25. The van der Waals surface area contributed by atoms with Gasteiger partial charge < -0.3 is 4.74 Å². The summed E-state index contributed by atoms with van der Waals surface area (Å²) in [5.41, 5.74) is 7.25. The molecule has 1 heterocycles. The van der Waals surface area contributed by atoms with Gasteiger partial charge in [0, 0.05) is 28.6 Å². The van der Waals surface area contributed by atoms with E-state index in [9.17, 15) is 13.2 Å². The van der Waals surface area contributed by atoms with Gasteiger partial charge in [-0.15, -0.1) is 0 Å². The van der Waals surface area contributed by atoms with Crippen molar-refractivity contribution in [2.24, 2.45) is 5.10 Å². The molecule has 0 saturated heterocycles. The van der Waals surface area contributed by atoms with E-state index in [2.05, 4.69) is 15.2 Å². The Labute approximate surface area is 238 Å². The number of hydrogen-bond donors (Lipinski definition) is 2. The third kappa shape index (κ3) is 6.51. The van der Waals surface area contributed by atoms with E-state index in [0.29, 0.717) is 22.5 Å². The van der Waals surface area contributed by atoms with E-state index in [-0.39, 0.29) is 4.90 Å². The van der Waals surface area contributed by atoms with Gasteiger partial charge in [-0.25, -0.2) is 18.5 Å². The largest absolute Gasteiger partial charge is 0.497 e. The monoisotopic (exact) mass is 565 g/mol. The van der Waals surface area contributed by atoms with Gasteiger partial charge in [-0.2, -0.15) is 10.2 Å². The van der Waals surface area contributed by atoms with Gasteiger partial charge in [-0.1, -0.05) is 35.9 Å². The summed E-state index contributed by atoms with van der Waals surface area (Å²) in [4.78, 5) is 12.9. The molecule has 2 N–H and O–H groups in total. The number of benzene rings is 4. The minimum Gasteiger partial charge on any atom is -0.497 e. The normalized spacial score (nSPS) is 11.4.